The summed E-state index contributed by atoms with van der Waals surface area (Å²) in [6.07, 6.45) is 0. The molecule has 3 aromatic rings. The summed E-state index contributed by atoms with van der Waals surface area (Å²) in [5.74, 6) is 0.381. The SMILES string of the molecule is Cc1nc2ccccc2nc1SCC(=O)c1ccc(Cl)cc1. The van der Waals surface area contributed by atoms with Gasteiger partial charge in [-0.1, -0.05) is 35.5 Å². The molecule has 3 nitrogen and oxygen atoms in total. The molecule has 1 heterocycles. The molecule has 0 radical (unpaired) electrons. The highest BCUT2D eigenvalue weighted by atomic mass is 35.5. The minimum Gasteiger partial charge on any atom is -0.293 e. The van der Waals surface area contributed by atoms with E-state index < -0.39 is 0 Å². The molecular formula is C17H13ClN2OS. The van der Waals surface area contributed by atoms with Crippen molar-refractivity contribution in [3.8, 4) is 0 Å². The number of hydrogen-bond acceptors (Lipinski definition) is 4. The molecule has 0 atom stereocenters. The third-order valence-electron chi connectivity index (χ3n) is 3.21. The summed E-state index contributed by atoms with van der Waals surface area (Å²) in [6.45, 7) is 1.91. The fraction of sp³-hybridized carbons (Fsp3) is 0.118. The molecule has 0 aliphatic rings. The van der Waals surface area contributed by atoms with Gasteiger partial charge < -0.3 is 0 Å². The number of thioether (sulfide) groups is 1. The van der Waals surface area contributed by atoms with Crippen LogP contribution in [0.5, 0.6) is 0 Å². The van der Waals surface area contributed by atoms with Crippen molar-refractivity contribution < 1.29 is 4.79 Å². The van der Waals surface area contributed by atoms with Crippen LogP contribution in [-0.2, 0) is 0 Å². The van der Waals surface area contributed by atoms with Crippen LogP contribution in [0.4, 0.5) is 0 Å². The number of fused-ring (bicyclic) bond motifs is 1. The first-order chi connectivity index (χ1) is 10.6. The molecule has 0 bridgehead atoms. The van der Waals surface area contributed by atoms with E-state index >= 15 is 0 Å². The Bertz CT molecular complexity index is 834. The molecule has 2 aromatic carbocycles. The van der Waals surface area contributed by atoms with Gasteiger partial charge in [0, 0.05) is 10.6 Å². The highest BCUT2D eigenvalue weighted by Crippen LogP contribution is 2.23. The highest BCUT2D eigenvalue weighted by molar-refractivity contribution is 8.00. The number of aromatic nitrogens is 2. The molecule has 0 fully saturated rings. The van der Waals surface area contributed by atoms with Gasteiger partial charge in [-0.05, 0) is 43.3 Å². The first kappa shape index (κ1) is 15.0. The van der Waals surface area contributed by atoms with Gasteiger partial charge in [0.25, 0.3) is 0 Å². The second-order valence-electron chi connectivity index (χ2n) is 4.82. The van der Waals surface area contributed by atoms with Crippen LogP contribution in [0, 0.1) is 6.92 Å². The Labute approximate surface area is 137 Å². The van der Waals surface area contributed by atoms with Gasteiger partial charge in [0.2, 0.25) is 0 Å². The van der Waals surface area contributed by atoms with E-state index in [1.54, 1.807) is 24.3 Å². The van der Waals surface area contributed by atoms with Crippen LogP contribution in [0.25, 0.3) is 11.0 Å². The number of hydrogen-bond donors (Lipinski definition) is 0. The molecule has 5 heteroatoms. The van der Waals surface area contributed by atoms with Crippen molar-refractivity contribution in [2.45, 2.75) is 11.9 Å². The van der Waals surface area contributed by atoms with Crippen LogP contribution < -0.4 is 0 Å². The molecule has 3 rings (SSSR count). The van der Waals surface area contributed by atoms with E-state index in [-0.39, 0.29) is 5.78 Å². The fourth-order valence-corrected chi connectivity index (χ4v) is 3.04. The molecule has 0 unspecified atom stereocenters. The maximum absolute atomic E-state index is 12.2. The highest BCUT2D eigenvalue weighted by Gasteiger charge is 2.10. The molecule has 0 aliphatic heterocycles. The van der Waals surface area contributed by atoms with E-state index in [4.69, 9.17) is 11.6 Å². The van der Waals surface area contributed by atoms with Crippen molar-refractivity contribution in [3.63, 3.8) is 0 Å². The number of nitrogens with zero attached hydrogens (tertiary/aromatic N) is 2. The summed E-state index contributed by atoms with van der Waals surface area (Å²) in [7, 11) is 0. The lowest BCUT2D eigenvalue weighted by Gasteiger charge is -2.06. The number of ketones is 1. The minimum absolute atomic E-state index is 0.0519. The van der Waals surface area contributed by atoms with Crippen molar-refractivity contribution in [1.29, 1.82) is 0 Å². The second-order valence-corrected chi connectivity index (χ2v) is 6.22. The number of halogens is 1. The fourth-order valence-electron chi connectivity index (χ4n) is 2.06. The van der Waals surface area contributed by atoms with Gasteiger partial charge in [0.1, 0.15) is 5.03 Å². The Kier molecular flexibility index (Phi) is 4.41. The van der Waals surface area contributed by atoms with Crippen LogP contribution in [0.3, 0.4) is 0 Å². The van der Waals surface area contributed by atoms with Crippen LogP contribution >= 0.6 is 23.4 Å². The standard InChI is InChI=1S/C17H13ClN2OS/c1-11-17(20-15-5-3-2-4-14(15)19-11)22-10-16(21)12-6-8-13(18)9-7-12/h2-9H,10H2,1H3. The van der Waals surface area contributed by atoms with Gasteiger partial charge in [0.05, 0.1) is 22.5 Å². The summed E-state index contributed by atoms with van der Waals surface area (Å²) < 4.78 is 0. The Hall–Kier alpha value is -1.91. The zero-order valence-corrected chi connectivity index (χ0v) is 13.5. The van der Waals surface area contributed by atoms with Crippen LogP contribution in [0.2, 0.25) is 5.02 Å². The summed E-state index contributed by atoms with van der Waals surface area (Å²) in [5.41, 5.74) is 3.21. The first-order valence-corrected chi connectivity index (χ1v) is 8.15. The molecule has 0 spiro atoms. The van der Waals surface area contributed by atoms with Crippen molar-refractivity contribution in [2.75, 3.05) is 5.75 Å². The van der Waals surface area contributed by atoms with E-state index in [0.717, 1.165) is 21.8 Å². The smallest absolute Gasteiger partial charge is 0.173 e. The molecule has 1 aromatic heterocycles. The Morgan fingerprint density at radius 3 is 2.36 bits per heavy atom. The largest absolute Gasteiger partial charge is 0.293 e. The van der Waals surface area contributed by atoms with E-state index in [9.17, 15) is 4.79 Å². The number of para-hydroxylation sites is 2. The van der Waals surface area contributed by atoms with E-state index in [1.165, 1.54) is 11.8 Å². The van der Waals surface area contributed by atoms with E-state index in [0.29, 0.717) is 16.3 Å². The van der Waals surface area contributed by atoms with Crippen LogP contribution in [-0.4, -0.2) is 21.5 Å². The lowest BCUT2D eigenvalue weighted by atomic mass is 10.1. The lowest BCUT2D eigenvalue weighted by molar-refractivity contribution is 0.102. The van der Waals surface area contributed by atoms with Crippen molar-refractivity contribution in [3.05, 3.63) is 64.8 Å². The second kappa shape index (κ2) is 6.46. The number of benzene rings is 2. The molecule has 110 valence electrons. The van der Waals surface area contributed by atoms with E-state index in [2.05, 4.69) is 9.97 Å². The average molecular weight is 329 g/mol. The molecule has 22 heavy (non-hydrogen) atoms. The monoisotopic (exact) mass is 328 g/mol. The zero-order chi connectivity index (χ0) is 15.5. The Morgan fingerprint density at radius 2 is 1.68 bits per heavy atom. The molecule has 0 saturated heterocycles. The van der Waals surface area contributed by atoms with Crippen LogP contribution in [0.1, 0.15) is 16.1 Å². The lowest BCUT2D eigenvalue weighted by Crippen LogP contribution is -2.03. The zero-order valence-electron chi connectivity index (χ0n) is 11.9. The maximum Gasteiger partial charge on any atom is 0.173 e. The molecule has 0 aliphatic carbocycles. The predicted octanol–water partition coefficient (Wildman–Crippen LogP) is 4.57. The first-order valence-electron chi connectivity index (χ1n) is 6.78. The molecule has 0 amide bonds. The number of carbonyl (C=O) groups is 1. The van der Waals surface area contributed by atoms with Gasteiger partial charge in [-0.25, -0.2) is 9.97 Å². The molecule has 0 N–H and O–H groups in total. The summed E-state index contributed by atoms with van der Waals surface area (Å²) in [5, 5.41) is 1.42. The van der Waals surface area contributed by atoms with Gasteiger partial charge in [-0.15, -0.1) is 0 Å². The maximum atomic E-state index is 12.2. The van der Waals surface area contributed by atoms with E-state index in [1.807, 2.05) is 31.2 Å². The van der Waals surface area contributed by atoms with Crippen LogP contribution in [0.15, 0.2) is 53.6 Å². The number of aryl methyl sites for hydroxylation is 1. The predicted molar refractivity (Wildman–Crippen MR) is 90.8 cm³/mol. The van der Waals surface area contributed by atoms with Crippen molar-refractivity contribution in [1.82, 2.24) is 9.97 Å². The third kappa shape index (κ3) is 3.29. The van der Waals surface area contributed by atoms with Gasteiger partial charge >= 0.3 is 0 Å². The summed E-state index contributed by atoms with van der Waals surface area (Å²) >= 11 is 7.24. The molecular weight excluding hydrogens is 316 g/mol. The van der Waals surface area contributed by atoms with Gasteiger partial charge in [-0.2, -0.15) is 0 Å². The molecule has 0 saturated carbocycles. The number of rotatable bonds is 4. The third-order valence-corrected chi connectivity index (χ3v) is 4.53. The number of carbonyl (C=O) groups excluding carboxylic acids is 1. The minimum atomic E-state index is 0.0519. The quantitative estimate of drug-likeness (QED) is 0.520. The van der Waals surface area contributed by atoms with Crippen molar-refractivity contribution >= 4 is 40.2 Å². The summed E-state index contributed by atoms with van der Waals surface area (Å²) in [4.78, 5) is 21.3. The summed E-state index contributed by atoms with van der Waals surface area (Å²) in [6, 6.07) is 14.7. The Morgan fingerprint density at radius 1 is 1.05 bits per heavy atom. The average Bonchev–Trinajstić information content (AvgIpc) is 2.53. The normalized spacial score (nSPS) is 10.8. The van der Waals surface area contributed by atoms with Gasteiger partial charge in [0.15, 0.2) is 5.78 Å². The number of Topliss-reactive ketones (excluding diaryl/α,β-unsaturated/α-hetero) is 1. The Balaban J connectivity index is 1.77. The van der Waals surface area contributed by atoms with Gasteiger partial charge in [-0.3, -0.25) is 4.79 Å². The van der Waals surface area contributed by atoms with Crippen molar-refractivity contribution in [2.24, 2.45) is 0 Å². The topological polar surface area (TPSA) is 42.9 Å².